The van der Waals surface area contributed by atoms with E-state index < -0.39 is 0 Å². The first-order valence-electron chi connectivity index (χ1n) is 5.62. The summed E-state index contributed by atoms with van der Waals surface area (Å²) in [5, 5.41) is 14.4. The highest BCUT2D eigenvalue weighted by Gasteiger charge is 2.15. The van der Waals surface area contributed by atoms with E-state index in [1.807, 2.05) is 20.0 Å². The van der Waals surface area contributed by atoms with Crippen LogP contribution in [0, 0.1) is 12.8 Å². The lowest BCUT2D eigenvalue weighted by Gasteiger charge is -2.01. The van der Waals surface area contributed by atoms with Crippen LogP contribution in [-0.2, 0) is 11.8 Å². The fourth-order valence-electron chi connectivity index (χ4n) is 1.29. The van der Waals surface area contributed by atoms with Gasteiger partial charge in [0.05, 0.1) is 0 Å². The Hall–Kier alpha value is -2.18. The Morgan fingerprint density at radius 2 is 2.17 bits per heavy atom. The van der Waals surface area contributed by atoms with Crippen molar-refractivity contribution in [1.29, 1.82) is 0 Å². The van der Waals surface area contributed by atoms with Gasteiger partial charge in [-0.05, 0) is 13.0 Å². The number of nitrogens with one attached hydrogen (secondary N) is 1. The van der Waals surface area contributed by atoms with Crippen molar-refractivity contribution in [3.05, 3.63) is 11.8 Å². The first-order valence-corrected chi connectivity index (χ1v) is 5.62. The van der Waals surface area contributed by atoms with E-state index in [9.17, 15) is 4.79 Å². The molecule has 0 radical (unpaired) electrons. The van der Waals surface area contributed by atoms with Gasteiger partial charge in [0.25, 0.3) is 5.89 Å². The smallest absolute Gasteiger partial charge is 0.322 e. The van der Waals surface area contributed by atoms with E-state index in [4.69, 9.17) is 4.42 Å². The first kappa shape index (κ1) is 12.3. The van der Waals surface area contributed by atoms with Gasteiger partial charge in [0, 0.05) is 18.7 Å². The summed E-state index contributed by atoms with van der Waals surface area (Å²) < 4.78 is 7.04. The molecule has 2 heterocycles. The third-order valence-electron chi connectivity index (χ3n) is 2.51. The predicted molar refractivity (Wildman–Crippen MR) is 64.7 cm³/mol. The third kappa shape index (κ3) is 2.39. The predicted octanol–water partition coefficient (Wildman–Crippen LogP) is 1.37. The number of rotatable bonds is 3. The maximum atomic E-state index is 11.5. The van der Waals surface area contributed by atoms with Crippen LogP contribution < -0.4 is 5.32 Å². The van der Waals surface area contributed by atoms with Crippen molar-refractivity contribution < 1.29 is 9.21 Å². The van der Waals surface area contributed by atoms with Crippen LogP contribution in [0.3, 0.4) is 0 Å². The highest BCUT2D eigenvalue weighted by atomic mass is 16.4. The van der Waals surface area contributed by atoms with Gasteiger partial charge in [0.2, 0.25) is 5.91 Å². The molecule has 0 aliphatic heterocycles. The molecular weight excluding hydrogens is 234 g/mol. The molecule has 0 spiro atoms. The molecule has 2 aromatic rings. The van der Waals surface area contributed by atoms with Crippen molar-refractivity contribution in [3.63, 3.8) is 0 Å². The van der Waals surface area contributed by atoms with Crippen molar-refractivity contribution >= 4 is 11.9 Å². The van der Waals surface area contributed by atoms with Gasteiger partial charge < -0.3 is 4.42 Å². The van der Waals surface area contributed by atoms with Gasteiger partial charge >= 0.3 is 6.01 Å². The lowest BCUT2D eigenvalue weighted by atomic mass is 10.2. The highest BCUT2D eigenvalue weighted by molar-refractivity contribution is 5.90. The maximum absolute atomic E-state index is 11.5. The highest BCUT2D eigenvalue weighted by Crippen LogP contribution is 2.19. The molecule has 2 aromatic heterocycles. The number of hydrogen-bond donors (Lipinski definition) is 1. The lowest BCUT2D eigenvalue weighted by Crippen LogP contribution is -2.17. The lowest BCUT2D eigenvalue weighted by molar-refractivity contribution is -0.119. The molecule has 0 aliphatic carbocycles. The third-order valence-corrected chi connectivity index (χ3v) is 2.51. The Bertz CT molecular complexity index is 550. The Kier molecular flexibility index (Phi) is 3.14. The molecule has 0 atom stereocenters. The molecule has 0 aliphatic rings. The normalized spacial score (nSPS) is 10.9. The minimum absolute atomic E-state index is 0.0898. The largest absolute Gasteiger partial charge is 0.401 e. The number of carbonyl (C=O) groups is 1. The van der Waals surface area contributed by atoms with Gasteiger partial charge in [-0.15, -0.1) is 5.10 Å². The van der Waals surface area contributed by atoms with Crippen LogP contribution >= 0.6 is 0 Å². The zero-order chi connectivity index (χ0) is 13.3. The summed E-state index contributed by atoms with van der Waals surface area (Å²) in [7, 11) is 1.83. The van der Waals surface area contributed by atoms with E-state index in [0.717, 1.165) is 5.69 Å². The quantitative estimate of drug-likeness (QED) is 0.887. The van der Waals surface area contributed by atoms with Crippen LogP contribution in [-0.4, -0.2) is 25.9 Å². The number of amides is 1. The summed E-state index contributed by atoms with van der Waals surface area (Å²) in [6.07, 6.45) is 0. The summed E-state index contributed by atoms with van der Waals surface area (Å²) in [4.78, 5) is 11.5. The van der Waals surface area contributed by atoms with Crippen molar-refractivity contribution in [2.75, 3.05) is 5.32 Å². The van der Waals surface area contributed by atoms with Crippen LogP contribution in [0.1, 0.15) is 19.5 Å². The summed E-state index contributed by atoms with van der Waals surface area (Å²) in [5.41, 5.74) is 1.57. The molecule has 2 rings (SSSR count). The van der Waals surface area contributed by atoms with Crippen LogP contribution in [0.2, 0.25) is 0 Å². The summed E-state index contributed by atoms with van der Waals surface area (Å²) in [5.74, 6) is -0.0161. The molecule has 1 N–H and O–H groups in total. The molecule has 0 fully saturated rings. The Morgan fingerprint density at radius 1 is 1.44 bits per heavy atom. The molecule has 96 valence electrons. The average Bonchev–Trinajstić information content (AvgIpc) is 2.87. The number of anilines is 1. The number of hydrogen-bond acceptors (Lipinski definition) is 5. The minimum Gasteiger partial charge on any atom is -0.401 e. The summed E-state index contributed by atoms with van der Waals surface area (Å²) >= 11 is 0. The van der Waals surface area contributed by atoms with Crippen LogP contribution in [0.4, 0.5) is 6.01 Å². The zero-order valence-electron chi connectivity index (χ0n) is 10.8. The van der Waals surface area contributed by atoms with E-state index in [1.165, 1.54) is 0 Å². The van der Waals surface area contributed by atoms with E-state index in [2.05, 4.69) is 20.6 Å². The standard InChI is InChI=1S/C11H15N5O2/c1-6(2)9(17)12-11-14-13-10(18-11)8-5-7(3)16(4)15-8/h5-6H,1-4H3,(H,12,14,17). The van der Waals surface area contributed by atoms with Gasteiger partial charge in [-0.25, -0.2) is 0 Å². The van der Waals surface area contributed by atoms with Crippen molar-refractivity contribution in [2.45, 2.75) is 20.8 Å². The summed E-state index contributed by atoms with van der Waals surface area (Å²) in [6, 6.07) is 1.92. The van der Waals surface area contributed by atoms with Gasteiger partial charge in [0.1, 0.15) is 5.69 Å². The van der Waals surface area contributed by atoms with Crippen LogP contribution in [0.25, 0.3) is 11.6 Å². The maximum Gasteiger partial charge on any atom is 0.322 e. The molecule has 7 nitrogen and oxygen atoms in total. The Labute approximate surface area is 104 Å². The van der Waals surface area contributed by atoms with Gasteiger partial charge in [-0.1, -0.05) is 18.9 Å². The van der Waals surface area contributed by atoms with Crippen molar-refractivity contribution in [1.82, 2.24) is 20.0 Å². The molecule has 18 heavy (non-hydrogen) atoms. The molecule has 0 aromatic carbocycles. The number of nitrogens with zero attached hydrogens (tertiary/aromatic N) is 4. The monoisotopic (exact) mass is 249 g/mol. The minimum atomic E-state index is -0.164. The molecule has 0 saturated carbocycles. The first-order chi connectivity index (χ1) is 8.47. The van der Waals surface area contributed by atoms with E-state index >= 15 is 0 Å². The second-order valence-electron chi connectivity index (χ2n) is 4.35. The van der Waals surface area contributed by atoms with Gasteiger partial charge in [-0.3, -0.25) is 14.8 Å². The van der Waals surface area contributed by atoms with E-state index in [1.54, 1.807) is 18.5 Å². The topological polar surface area (TPSA) is 85.8 Å². The van der Waals surface area contributed by atoms with Gasteiger partial charge in [-0.2, -0.15) is 5.10 Å². The molecule has 0 bridgehead atoms. The SMILES string of the molecule is Cc1cc(-c2nnc(NC(=O)C(C)C)o2)nn1C. The summed E-state index contributed by atoms with van der Waals surface area (Å²) in [6.45, 7) is 5.50. The second kappa shape index (κ2) is 4.59. The van der Waals surface area contributed by atoms with E-state index in [-0.39, 0.29) is 23.7 Å². The number of aryl methyl sites for hydroxylation is 2. The Balaban J connectivity index is 2.18. The number of carbonyl (C=O) groups excluding carboxylic acids is 1. The van der Waals surface area contributed by atoms with E-state index in [0.29, 0.717) is 5.69 Å². The molecule has 0 unspecified atom stereocenters. The van der Waals surface area contributed by atoms with Gasteiger partial charge in [0.15, 0.2) is 0 Å². The van der Waals surface area contributed by atoms with Crippen LogP contribution in [0.15, 0.2) is 10.5 Å². The molecule has 7 heteroatoms. The number of aromatic nitrogens is 4. The average molecular weight is 249 g/mol. The fraction of sp³-hybridized carbons (Fsp3) is 0.455. The molecular formula is C11H15N5O2. The Morgan fingerprint density at radius 3 is 2.72 bits per heavy atom. The molecule has 0 saturated heterocycles. The second-order valence-corrected chi connectivity index (χ2v) is 4.35. The molecule has 1 amide bonds. The van der Waals surface area contributed by atoms with Crippen LogP contribution in [0.5, 0.6) is 0 Å². The fourth-order valence-corrected chi connectivity index (χ4v) is 1.29. The van der Waals surface area contributed by atoms with Crippen molar-refractivity contribution in [3.8, 4) is 11.6 Å². The van der Waals surface area contributed by atoms with Crippen molar-refractivity contribution in [2.24, 2.45) is 13.0 Å². The zero-order valence-corrected chi connectivity index (χ0v) is 10.8.